The highest BCUT2D eigenvalue weighted by atomic mass is 15.3. The average Bonchev–Trinajstić information content (AvgIpc) is 2.57. The molecule has 3 heteroatoms. The second-order valence-electron chi connectivity index (χ2n) is 4.60. The van der Waals surface area contributed by atoms with Crippen LogP contribution in [0.1, 0.15) is 32.9 Å². The van der Waals surface area contributed by atoms with E-state index in [1.807, 2.05) is 16.9 Å². The first-order valence-corrected chi connectivity index (χ1v) is 5.22. The van der Waals surface area contributed by atoms with Crippen LogP contribution in [0, 0.1) is 12.3 Å². The van der Waals surface area contributed by atoms with Crippen molar-refractivity contribution in [3.8, 4) is 12.3 Å². The van der Waals surface area contributed by atoms with E-state index in [0.717, 1.165) is 19.5 Å². The molecule has 0 aliphatic heterocycles. The predicted octanol–water partition coefficient (Wildman–Crippen LogP) is 1.79. The van der Waals surface area contributed by atoms with Crippen LogP contribution in [-0.2, 0) is 13.1 Å². The summed E-state index contributed by atoms with van der Waals surface area (Å²) in [5.41, 5.74) is 1.31. The Hall–Kier alpha value is -1.27. The predicted molar refractivity (Wildman–Crippen MR) is 62.3 cm³/mol. The fourth-order valence-electron chi connectivity index (χ4n) is 1.24. The van der Waals surface area contributed by atoms with Crippen LogP contribution in [0.3, 0.4) is 0 Å². The van der Waals surface area contributed by atoms with Gasteiger partial charge in [0, 0.05) is 24.7 Å². The Morgan fingerprint density at radius 2 is 2.27 bits per heavy atom. The number of hydrogen-bond acceptors (Lipinski definition) is 2. The molecule has 1 aromatic heterocycles. The highest BCUT2D eigenvalue weighted by molar-refractivity contribution is 5.01. The Bertz CT molecular complexity index is 338. The first-order valence-electron chi connectivity index (χ1n) is 5.22. The van der Waals surface area contributed by atoms with Crippen LogP contribution >= 0.6 is 0 Å². The summed E-state index contributed by atoms with van der Waals surface area (Å²) < 4.78 is 1.96. The molecule has 0 aromatic carbocycles. The number of nitrogens with zero attached hydrogens (tertiary/aromatic N) is 2. The molecular weight excluding hydrogens is 186 g/mol. The van der Waals surface area contributed by atoms with E-state index in [2.05, 4.69) is 37.1 Å². The third kappa shape index (κ3) is 4.18. The molecule has 1 N–H and O–H groups in total. The molecule has 0 radical (unpaired) electrons. The molecule has 82 valence electrons. The third-order valence-electron chi connectivity index (χ3n) is 2.07. The van der Waals surface area contributed by atoms with E-state index in [4.69, 9.17) is 6.42 Å². The lowest BCUT2D eigenvalue weighted by Crippen LogP contribution is -2.35. The van der Waals surface area contributed by atoms with Gasteiger partial charge in [0.15, 0.2) is 0 Å². The maximum absolute atomic E-state index is 5.23. The van der Waals surface area contributed by atoms with Crippen molar-refractivity contribution in [2.75, 3.05) is 0 Å². The molecule has 1 aromatic rings. The zero-order chi connectivity index (χ0) is 11.3. The lowest BCUT2D eigenvalue weighted by Gasteiger charge is -2.20. The summed E-state index contributed by atoms with van der Waals surface area (Å²) in [5, 5.41) is 7.66. The first-order chi connectivity index (χ1) is 7.03. The maximum Gasteiger partial charge on any atom is 0.0522 e. The molecule has 0 bridgehead atoms. The van der Waals surface area contributed by atoms with Gasteiger partial charge in [0.05, 0.1) is 12.2 Å². The van der Waals surface area contributed by atoms with E-state index < -0.39 is 0 Å². The molecule has 0 atom stereocenters. The van der Waals surface area contributed by atoms with Gasteiger partial charge in [-0.2, -0.15) is 5.10 Å². The van der Waals surface area contributed by atoms with Crippen molar-refractivity contribution in [1.82, 2.24) is 15.1 Å². The number of terminal acetylenes is 1. The lowest BCUT2D eigenvalue weighted by atomic mass is 10.1. The summed E-state index contributed by atoms with van der Waals surface area (Å²) in [7, 11) is 0. The highest BCUT2D eigenvalue weighted by Crippen LogP contribution is 2.04. The minimum atomic E-state index is 0.126. The van der Waals surface area contributed by atoms with Gasteiger partial charge in [0.2, 0.25) is 0 Å². The molecule has 0 amide bonds. The van der Waals surface area contributed by atoms with Gasteiger partial charge in [-0.05, 0) is 26.8 Å². The van der Waals surface area contributed by atoms with Gasteiger partial charge in [-0.15, -0.1) is 12.3 Å². The SMILES string of the molecule is C#CCCn1nccc1CNC(C)(C)C. The quantitative estimate of drug-likeness (QED) is 0.760. The van der Waals surface area contributed by atoms with Crippen molar-refractivity contribution in [2.24, 2.45) is 0 Å². The zero-order valence-electron chi connectivity index (χ0n) is 9.75. The minimum absolute atomic E-state index is 0.126. The minimum Gasteiger partial charge on any atom is -0.306 e. The molecule has 0 aliphatic rings. The Balaban J connectivity index is 2.54. The summed E-state index contributed by atoms with van der Waals surface area (Å²) in [6.45, 7) is 8.07. The van der Waals surface area contributed by atoms with Crippen LogP contribution in [0.4, 0.5) is 0 Å². The first kappa shape index (κ1) is 11.8. The number of rotatable bonds is 4. The molecule has 0 fully saturated rings. The van der Waals surface area contributed by atoms with E-state index in [-0.39, 0.29) is 5.54 Å². The topological polar surface area (TPSA) is 29.9 Å². The number of hydrogen-bond donors (Lipinski definition) is 1. The fourth-order valence-corrected chi connectivity index (χ4v) is 1.24. The van der Waals surface area contributed by atoms with Crippen LogP contribution in [0.25, 0.3) is 0 Å². The van der Waals surface area contributed by atoms with Crippen molar-refractivity contribution < 1.29 is 0 Å². The van der Waals surface area contributed by atoms with Crippen molar-refractivity contribution in [3.63, 3.8) is 0 Å². The molecule has 1 rings (SSSR count). The Morgan fingerprint density at radius 1 is 1.53 bits per heavy atom. The average molecular weight is 205 g/mol. The highest BCUT2D eigenvalue weighted by Gasteiger charge is 2.10. The van der Waals surface area contributed by atoms with E-state index in [0.29, 0.717) is 0 Å². The molecule has 0 aliphatic carbocycles. The van der Waals surface area contributed by atoms with E-state index in [1.54, 1.807) is 0 Å². The van der Waals surface area contributed by atoms with E-state index in [9.17, 15) is 0 Å². The Morgan fingerprint density at radius 3 is 2.87 bits per heavy atom. The molecule has 0 saturated carbocycles. The van der Waals surface area contributed by atoms with Crippen LogP contribution < -0.4 is 5.32 Å². The molecule has 0 unspecified atom stereocenters. The van der Waals surface area contributed by atoms with Crippen molar-refractivity contribution in [1.29, 1.82) is 0 Å². The molecule has 0 spiro atoms. The summed E-state index contributed by atoms with van der Waals surface area (Å²) in [4.78, 5) is 0. The van der Waals surface area contributed by atoms with Gasteiger partial charge in [-0.25, -0.2) is 0 Å². The van der Waals surface area contributed by atoms with Gasteiger partial charge >= 0.3 is 0 Å². The van der Waals surface area contributed by atoms with Crippen molar-refractivity contribution in [2.45, 2.75) is 45.8 Å². The third-order valence-corrected chi connectivity index (χ3v) is 2.07. The van der Waals surface area contributed by atoms with Gasteiger partial charge in [0.1, 0.15) is 0 Å². The van der Waals surface area contributed by atoms with Gasteiger partial charge in [-0.1, -0.05) is 0 Å². The molecule has 3 nitrogen and oxygen atoms in total. The van der Waals surface area contributed by atoms with Crippen LogP contribution in [0.5, 0.6) is 0 Å². The van der Waals surface area contributed by atoms with Crippen LogP contribution in [0.2, 0.25) is 0 Å². The number of aromatic nitrogens is 2. The summed E-state index contributed by atoms with van der Waals surface area (Å²) in [6.07, 6.45) is 7.77. The van der Waals surface area contributed by atoms with Crippen molar-refractivity contribution >= 4 is 0 Å². The van der Waals surface area contributed by atoms with Gasteiger partial charge in [-0.3, -0.25) is 4.68 Å². The lowest BCUT2D eigenvalue weighted by molar-refractivity contribution is 0.412. The summed E-state index contributed by atoms with van der Waals surface area (Å²) in [5.74, 6) is 2.62. The summed E-state index contributed by atoms with van der Waals surface area (Å²) in [6, 6.07) is 2.02. The van der Waals surface area contributed by atoms with Crippen LogP contribution in [0.15, 0.2) is 12.3 Å². The smallest absolute Gasteiger partial charge is 0.0522 e. The van der Waals surface area contributed by atoms with Gasteiger partial charge in [0.25, 0.3) is 0 Å². The Kier molecular flexibility index (Phi) is 3.93. The standard InChI is InChI=1S/C12H19N3/c1-5-6-9-15-11(7-8-14-15)10-13-12(2,3)4/h1,7-8,13H,6,9-10H2,2-4H3. The zero-order valence-corrected chi connectivity index (χ0v) is 9.75. The molecular formula is C12H19N3. The van der Waals surface area contributed by atoms with E-state index in [1.165, 1.54) is 5.69 Å². The van der Waals surface area contributed by atoms with Gasteiger partial charge < -0.3 is 5.32 Å². The number of aryl methyl sites for hydroxylation is 1. The van der Waals surface area contributed by atoms with Crippen LogP contribution in [-0.4, -0.2) is 15.3 Å². The largest absolute Gasteiger partial charge is 0.306 e. The molecule has 15 heavy (non-hydrogen) atoms. The normalized spacial score (nSPS) is 11.3. The van der Waals surface area contributed by atoms with Crippen molar-refractivity contribution in [3.05, 3.63) is 18.0 Å². The second-order valence-corrected chi connectivity index (χ2v) is 4.60. The summed E-state index contributed by atoms with van der Waals surface area (Å²) >= 11 is 0. The molecule has 0 saturated heterocycles. The fraction of sp³-hybridized carbons (Fsp3) is 0.583. The maximum atomic E-state index is 5.23. The number of nitrogens with one attached hydrogen (secondary N) is 1. The second kappa shape index (κ2) is 4.99. The van der Waals surface area contributed by atoms with E-state index >= 15 is 0 Å². The monoisotopic (exact) mass is 205 g/mol. The molecule has 1 heterocycles. The Labute approximate surface area is 91.9 Å².